The molecule has 1 aliphatic rings. The second kappa shape index (κ2) is 9.19. The van der Waals surface area contributed by atoms with Crippen LogP contribution in [0.5, 0.6) is 0 Å². The molecule has 1 atom stereocenters. The van der Waals surface area contributed by atoms with Crippen molar-refractivity contribution in [3.63, 3.8) is 0 Å². The fraction of sp³-hybridized carbons (Fsp3) is 0.476. The van der Waals surface area contributed by atoms with Gasteiger partial charge in [0.05, 0.1) is 49.6 Å². The molecule has 0 amide bonds. The third-order valence-corrected chi connectivity index (χ3v) is 5.03. The van der Waals surface area contributed by atoms with Crippen LogP contribution in [0.2, 0.25) is 0 Å². The number of carbonyl (C=O) groups is 1. The minimum absolute atomic E-state index is 0.121. The number of hydrogen-bond donors (Lipinski definition) is 1. The minimum Gasteiger partial charge on any atom is -0.469 e. The summed E-state index contributed by atoms with van der Waals surface area (Å²) in [5.41, 5.74) is 0.726. The normalized spacial score (nSPS) is 15.7. The van der Waals surface area contributed by atoms with E-state index in [-0.39, 0.29) is 12.0 Å². The number of benzene rings is 1. The molecule has 3 rings (SSSR count). The van der Waals surface area contributed by atoms with Crippen molar-refractivity contribution >= 4 is 11.8 Å². The molecular weight excluding hydrogens is 415 g/mol. The molecule has 0 radical (unpaired) electrons. The van der Waals surface area contributed by atoms with E-state index in [1.807, 2.05) is 0 Å². The van der Waals surface area contributed by atoms with Gasteiger partial charge in [-0.1, -0.05) is 12.1 Å². The van der Waals surface area contributed by atoms with Crippen molar-refractivity contribution in [2.24, 2.45) is 0 Å². The van der Waals surface area contributed by atoms with Crippen LogP contribution >= 0.6 is 0 Å². The molecule has 0 unspecified atom stereocenters. The third kappa shape index (κ3) is 5.13. The predicted octanol–water partition coefficient (Wildman–Crippen LogP) is 4.05. The highest BCUT2D eigenvalue weighted by Crippen LogP contribution is 2.37. The van der Waals surface area contributed by atoms with Crippen LogP contribution < -0.4 is 5.32 Å². The van der Waals surface area contributed by atoms with Gasteiger partial charge in [-0.3, -0.25) is 4.79 Å². The Bertz CT molecular complexity index is 960. The highest BCUT2D eigenvalue weighted by molar-refractivity contribution is 5.73. The summed E-state index contributed by atoms with van der Waals surface area (Å²) >= 11 is 0. The van der Waals surface area contributed by atoms with Crippen molar-refractivity contribution in [3.05, 3.63) is 52.0 Å². The Balaban J connectivity index is 2.02. The smallest absolute Gasteiger partial charge is 0.416 e. The Kier molecular flexibility index (Phi) is 6.80. The number of nitrogens with zero attached hydrogens (tertiary/aromatic N) is 2. The molecular formula is C21H24F3N3O4. The fourth-order valence-corrected chi connectivity index (χ4v) is 3.58. The van der Waals surface area contributed by atoms with Crippen LogP contribution in [-0.4, -0.2) is 36.3 Å². The van der Waals surface area contributed by atoms with Crippen molar-refractivity contribution < 1.29 is 32.2 Å². The Morgan fingerprint density at radius 1 is 1.26 bits per heavy atom. The summed E-state index contributed by atoms with van der Waals surface area (Å²) in [7, 11) is 1.27. The van der Waals surface area contributed by atoms with Crippen molar-refractivity contribution in [1.29, 1.82) is 0 Å². The molecule has 1 N–H and O–H groups in total. The van der Waals surface area contributed by atoms with E-state index in [9.17, 15) is 18.0 Å². The number of methoxy groups -OCH3 is 1. The lowest BCUT2D eigenvalue weighted by Gasteiger charge is -2.24. The number of nitrogens with one attached hydrogen (secondary N) is 1. The predicted molar refractivity (Wildman–Crippen MR) is 105 cm³/mol. The number of esters is 1. The Morgan fingerprint density at radius 3 is 2.55 bits per heavy atom. The van der Waals surface area contributed by atoms with Gasteiger partial charge >= 0.3 is 12.1 Å². The number of rotatable bonds is 6. The molecule has 7 nitrogen and oxygen atoms in total. The lowest BCUT2D eigenvalue weighted by atomic mass is 9.97. The Labute approximate surface area is 177 Å². The quantitative estimate of drug-likeness (QED) is 0.680. The van der Waals surface area contributed by atoms with Gasteiger partial charge in [-0.05, 0) is 38.0 Å². The van der Waals surface area contributed by atoms with Crippen LogP contribution in [0.4, 0.5) is 19.0 Å². The van der Waals surface area contributed by atoms with E-state index in [2.05, 4.69) is 15.3 Å². The maximum Gasteiger partial charge on any atom is 0.416 e. The SMILES string of the molecule is COC(=O)Cc1nc(C)nc(N[C@H](C)c2cccc(C(F)(F)F)c2C)c1C1OCCO1. The standard InChI is InChI=1S/C21H24F3N3O4/c1-11-14(6-5-7-15(11)21(22,23)24)12(2)25-19-18(20-30-8-9-31-20)16(10-17(28)29-4)26-13(3)27-19/h5-7,12,20H,8-10H2,1-4H3,(H,25,26,27)/t12-/m1/s1. The summed E-state index contributed by atoms with van der Waals surface area (Å²) in [5, 5.41) is 3.17. The van der Waals surface area contributed by atoms with Gasteiger partial charge in [0.2, 0.25) is 0 Å². The Hall–Kier alpha value is -2.72. The minimum atomic E-state index is -4.45. The van der Waals surface area contributed by atoms with E-state index in [4.69, 9.17) is 14.2 Å². The number of hydrogen-bond acceptors (Lipinski definition) is 7. The first-order chi connectivity index (χ1) is 14.6. The number of carbonyl (C=O) groups excluding carboxylic acids is 1. The highest BCUT2D eigenvalue weighted by atomic mass is 19.4. The highest BCUT2D eigenvalue weighted by Gasteiger charge is 2.34. The number of anilines is 1. The van der Waals surface area contributed by atoms with Crippen molar-refractivity contribution in [1.82, 2.24) is 9.97 Å². The zero-order valence-corrected chi connectivity index (χ0v) is 17.7. The number of halogens is 3. The number of aryl methyl sites for hydroxylation is 1. The molecule has 1 fully saturated rings. The monoisotopic (exact) mass is 439 g/mol. The van der Waals surface area contributed by atoms with E-state index >= 15 is 0 Å². The maximum absolute atomic E-state index is 13.3. The zero-order valence-electron chi connectivity index (χ0n) is 17.7. The molecule has 0 spiro atoms. The summed E-state index contributed by atoms with van der Waals surface area (Å²) in [4.78, 5) is 20.7. The molecule has 168 valence electrons. The molecule has 1 aliphatic heterocycles. The van der Waals surface area contributed by atoms with Gasteiger partial charge in [0.25, 0.3) is 0 Å². The summed E-state index contributed by atoms with van der Waals surface area (Å²) in [6.45, 7) is 5.55. The number of aromatic nitrogens is 2. The lowest BCUT2D eigenvalue weighted by Crippen LogP contribution is -2.19. The van der Waals surface area contributed by atoms with E-state index in [1.165, 1.54) is 20.1 Å². The lowest BCUT2D eigenvalue weighted by molar-refractivity contribution is -0.140. The fourth-order valence-electron chi connectivity index (χ4n) is 3.58. The zero-order chi connectivity index (χ0) is 22.8. The first-order valence-corrected chi connectivity index (χ1v) is 9.72. The first kappa shape index (κ1) is 23.0. The third-order valence-electron chi connectivity index (χ3n) is 5.03. The Morgan fingerprint density at radius 2 is 1.94 bits per heavy atom. The van der Waals surface area contributed by atoms with Crippen LogP contribution in [0, 0.1) is 13.8 Å². The maximum atomic E-state index is 13.3. The second-order valence-corrected chi connectivity index (χ2v) is 7.19. The van der Waals surface area contributed by atoms with Gasteiger partial charge in [-0.25, -0.2) is 9.97 Å². The van der Waals surface area contributed by atoms with Gasteiger partial charge in [0, 0.05) is 0 Å². The van der Waals surface area contributed by atoms with E-state index in [1.54, 1.807) is 19.9 Å². The van der Waals surface area contributed by atoms with Gasteiger partial charge in [-0.2, -0.15) is 13.2 Å². The van der Waals surface area contributed by atoms with Gasteiger partial charge in [0.15, 0.2) is 6.29 Å². The summed E-state index contributed by atoms with van der Waals surface area (Å²) < 4.78 is 56.0. The molecule has 2 heterocycles. The van der Waals surface area contributed by atoms with Gasteiger partial charge < -0.3 is 19.5 Å². The summed E-state index contributed by atoms with van der Waals surface area (Å²) in [6.07, 6.45) is -5.36. The van der Waals surface area contributed by atoms with E-state index in [0.29, 0.717) is 41.7 Å². The second-order valence-electron chi connectivity index (χ2n) is 7.19. The van der Waals surface area contributed by atoms with Crippen LogP contribution in [0.25, 0.3) is 0 Å². The first-order valence-electron chi connectivity index (χ1n) is 9.72. The molecule has 0 bridgehead atoms. The van der Waals surface area contributed by atoms with E-state index in [0.717, 1.165) is 6.07 Å². The van der Waals surface area contributed by atoms with Crippen molar-refractivity contribution in [3.8, 4) is 0 Å². The van der Waals surface area contributed by atoms with Crippen LogP contribution in [0.3, 0.4) is 0 Å². The van der Waals surface area contributed by atoms with Crippen LogP contribution in [0.15, 0.2) is 18.2 Å². The molecule has 10 heteroatoms. The van der Waals surface area contributed by atoms with Crippen molar-refractivity contribution in [2.45, 2.75) is 45.7 Å². The molecule has 1 aromatic heterocycles. The summed E-state index contributed by atoms with van der Waals surface area (Å²) in [6, 6.07) is 3.54. The molecule has 1 aromatic carbocycles. The molecule has 0 aliphatic carbocycles. The van der Waals surface area contributed by atoms with E-state index < -0.39 is 30.0 Å². The molecule has 1 saturated heterocycles. The van der Waals surface area contributed by atoms with Crippen LogP contribution in [0.1, 0.15) is 53.0 Å². The van der Waals surface area contributed by atoms with Gasteiger partial charge in [-0.15, -0.1) is 0 Å². The van der Waals surface area contributed by atoms with Crippen molar-refractivity contribution in [2.75, 3.05) is 25.6 Å². The number of alkyl halides is 3. The van der Waals surface area contributed by atoms with Crippen LogP contribution in [-0.2, 0) is 31.6 Å². The topological polar surface area (TPSA) is 82.6 Å². The average molecular weight is 439 g/mol. The van der Waals surface area contributed by atoms with Gasteiger partial charge in [0.1, 0.15) is 11.6 Å². The average Bonchev–Trinajstić information content (AvgIpc) is 3.21. The molecule has 0 saturated carbocycles. The molecule has 2 aromatic rings. The largest absolute Gasteiger partial charge is 0.469 e. The molecule has 31 heavy (non-hydrogen) atoms. The summed E-state index contributed by atoms with van der Waals surface area (Å²) in [5.74, 6) is 0.226. The number of ether oxygens (including phenoxy) is 3.